The number of rotatable bonds is 1. The van der Waals surface area contributed by atoms with E-state index in [-0.39, 0.29) is 0 Å². The zero-order valence-electron chi connectivity index (χ0n) is 6.71. The first-order valence-corrected chi connectivity index (χ1v) is 4.00. The summed E-state index contributed by atoms with van der Waals surface area (Å²) in [5.74, 6) is -0.728. The molecule has 3 heteroatoms. The molecule has 0 unspecified atom stereocenters. The number of aliphatic hydroxyl groups is 1. The summed E-state index contributed by atoms with van der Waals surface area (Å²) >= 11 is 0. The van der Waals surface area contributed by atoms with Crippen molar-refractivity contribution in [3.8, 4) is 0 Å². The molecule has 0 aromatic rings. The lowest BCUT2D eigenvalue weighted by Crippen LogP contribution is -2.42. The van der Waals surface area contributed by atoms with E-state index >= 15 is 0 Å². The van der Waals surface area contributed by atoms with Gasteiger partial charge in [0.2, 0.25) is 0 Å². The third kappa shape index (κ3) is 1.71. The van der Waals surface area contributed by atoms with Gasteiger partial charge in [-0.1, -0.05) is 13.3 Å². The van der Waals surface area contributed by atoms with Crippen LogP contribution in [0.2, 0.25) is 0 Å². The molecule has 0 heterocycles. The SMILES string of the molecule is C[C@@H]1CCC[C@@](O)(C(=O)O)C1. The van der Waals surface area contributed by atoms with Gasteiger partial charge in [-0.25, -0.2) is 4.79 Å². The summed E-state index contributed by atoms with van der Waals surface area (Å²) in [4.78, 5) is 10.6. The fourth-order valence-electron chi connectivity index (χ4n) is 1.72. The summed E-state index contributed by atoms with van der Waals surface area (Å²) in [6.07, 6.45) is 2.68. The molecule has 0 saturated heterocycles. The summed E-state index contributed by atoms with van der Waals surface area (Å²) in [6, 6.07) is 0. The molecule has 3 nitrogen and oxygen atoms in total. The molecule has 0 spiro atoms. The largest absolute Gasteiger partial charge is 0.479 e. The molecule has 0 radical (unpaired) electrons. The second kappa shape index (κ2) is 2.81. The number of aliphatic carboxylic acids is 1. The number of carbonyl (C=O) groups is 1. The quantitative estimate of drug-likeness (QED) is 0.598. The normalized spacial score (nSPS) is 38.5. The number of carboxylic acid groups (broad SMARTS) is 1. The minimum Gasteiger partial charge on any atom is -0.479 e. The fraction of sp³-hybridized carbons (Fsp3) is 0.875. The van der Waals surface area contributed by atoms with Crippen LogP contribution >= 0.6 is 0 Å². The number of hydrogen-bond donors (Lipinski definition) is 2. The zero-order valence-corrected chi connectivity index (χ0v) is 6.71. The average Bonchev–Trinajstić information content (AvgIpc) is 1.86. The smallest absolute Gasteiger partial charge is 0.335 e. The molecule has 2 atom stereocenters. The average molecular weight is 158 g/mol. The molecule has 0 aromatic heterocycles. The summed E-state index contributed by atoms with van der Waals surface area (Å²) in [5, 5.41) is 18.2. The highest BCUT2D eigenvalue weighted by molar-refractivity contribution is 5.77. The highest BCUT2D eigenvalue weighted by Gasteiger charge is 2.39. The first-order chi connectivity index (χ1) is 5.04. The van der Waals surface area contributed by atoms with E-state index in [1.807, 2.05) is 6.92 Å². The van der Waals surface area contributed by atoms with Gasteiger partial charge < -0.3 is 10.2 Å². The minimum absolute atomic E-state index is 0.338. The molecule has 64 valence electrons. The lowest BCUT2D eigenvalue weighted by atomic mass is 9.79. The highest BCUT2D eigenvalue weighted by atomic mass is 16.4. The summed E-state index contributed by atoms with van der Waals surface area (Å²) in [5.41, 5.74) is -1.43. The maximum Gasteiger partial charge on any atom is 0.335 e. The van der Waals surface area contributed by atoms with Crippen LogP contribution in [0.5, 0.6) is 0 Å². The molecule has 0 bridgehead atoms. The monoisotopic (exact) mass is 158 g/mol. The molecule has 1 rings (SSSR count). The van der Waals surface area contributed by atoms with Crippen LogP contribution in [0.1, 0.15) is 32.6 Å². The van der Waals surface area contributed by atoms with Crippen molar-refractivity contribution in [3.63, 3.8) is 0 Å². The van der Waals surface area contributed by atoms with E-state index in [9.17, 15) is 9.90 Å². The van der Waals surface area contributed by atoms with Crippen molar-refractivity contribution in [3.05, 3.63) is 0 Å². The summed E-state index contributed by atoms with van der Waals surface area (Å²) < 4.78 is 0. The van der Waals surface area contributed by atoms with Gasteiger partial charge in [0, 0.05) is 0 Å². The molecule has 2 N–H and O–H groups in total. The third-order valence-corrected chi connectivity index (χ3v) is 2.37. The molecule has 0 aliphatic heterocycles. The maximum atomic E-state index is 10.6. The lowest BCUT2D eigenvalue weighted by Gasteiger charge is -2.31. The van der Waals surface area contributed by atoms with Gasteiger partial charge >= 0.3 is 5.97 Å². The molecule has 1 saturated carbocycles. The van der Waals surface area contributed by atoms with Crippen molar-refractivity contribution in [2.24, 2.45) is 5.92 Å². The van der Waals surface area contributed by atoms with E-state index < -0.39 is 11.6 Å². The van der Waals surface area contributed by atoms with Gasteiger partial charge in [0.05, 0.1) is 0 Å². The Bertz CT molecular complexity index is 167. The van der Waals surface area contributed by atoms with Crippen molar-refractivity contribution in [1.82, 2.24) is 0 Å². The predicted octanol–water partition coefficient (Wildman–Crippen LogP) is 1.01. The molecular formula is C8H14O3. The van der Waals surface area contributed by atoms with E-state index in [2.05, 4.69) is 0 Å². The molecule has 1 aliphatic carbocycles. The second-order valence-corrected chi connectivity index (χ2v) is 3.54. The Labute approximate surface area is 66.0 Å². The highest BCUT2D eigenvalue weighted by Crippen LogP contribution is 2.32. The Hall–Kier alpha value is -0.570. The van der Waals surface area contributed by atoms with Crippen LogP contribution in [0.15, 0.2) is 0 Å². The van der Waals surface area contributed by atoms with E-state index in [1.54, 1.807) is 0 Å². The topological polar surface area (TPSA) is 57.5 Å². The second-order valence-electron chi connectivity index (χ2n) is 3.54. The zero-order chi connectivity index (χ0) is 8.48. The van der Waals surface area contributed by atoms with Crippen LogP contribution in [0.25, 0.3) is 0 Å². The Kier molecular flexibility index (Phi) is 2.18. The molecule has 1 aliphatic rings. The van der Waals surface area contributed by atoms with Crippen LogP contribution in [0, 0.1) is 5.92 Å². The molecular weight excluding hydrogens is 144 g/mol. The lowest BCUT2D eigenvalue weighted by molar-refractivity contribution is -0.163. The van der Waals surface area contributed by atoms with Crippen LogP contribution < -0.4 is 0 Å². The van der Waals surface area contributed by atoms with Crippen LogP contribution in [0.4, 0.5) is 0 Å². The summed E-state index contributed by atoms with van der Waals surface area (Å²) in [6.45, 7) is 1.98. The Morgan fingerprint density at radius 3 is 2.64 bits per heavy atom. The molecule has 1 fully saturated rings. The Balaban J connectivity index is 2.63. The van der Waals surface area contributed by atoms with E-state index in [1.165, 1.54) is 0 Å². The maximum absolute atomic E-state index is 10.6. The van der Waals surface area contributed by atoms with Crippen molar-refractivity contribution in [2.45, 2.75) is 38.2 Å². The van der Waals surface area contributed by atoms with Crippen LogP contribution in [-0.2, 0) is 4.79 Å². The predicted molar refractivity (Wildman–Crippen MR) is 40.2 cm³/mol. The Morgan fingerprint density at radius 2 is 2.27 bits per heavy atom. The van der Waals surface area contributed by atoms with E-state index in [0.717, 1.165) is 12.8 Å². The summed E-state index contributed by atoms with van der Waals surface area (Å²) in [7, 11) is 0. The van der Waals surface area contributed by atoms with Gasteiger partial charge in [0.15, 0.2) is 5.60 Å². The molecule has 11 heavy (non-hydrogen) atoms. The van der Waals surface area contributed by atoms with Gasteiger partial charge in [-0.3, -0.25) is 0 Å². The van der Waals surface area contributed by atoms with Gasteiger partial charge in [-0.05, 0) is 25.2 Å². The fourth-order valence-corrected chi connectivity index (χ4v) is 1.72. The van der Waals surface area contributed by atoms with Crippen LogP contribution in [-0.4, -0.2) is 21.8 Å². The van der Waals surface area contributed by atoms with Gasteiger partial charge in [0.25, 0.3) is 0 Å². The van der Waals surface area contributed by atoms with E-state index in [0.29, 0.717) is 18.8 Å². The van der Waals surface area contributed by atoms with Crippen molar-refractivity contribution in [1.29, 1.82) is 0 Å². The van der Waals surface area contributed by atoms with Gasteiger partial charge in [-0.2, -0.15) is 0 Å². The number of carboxylic acids is 1. The van der Waals surface area contributed by atoms with Crippen molar-refractivity contribution in [2.75, 3.05) is 0 Å². The first kappa shape index (κ1) is 8.53. The first-order valence-electron chi connectivity index (χ1n) is 4.00. The Morgan fingerprint density at radius 1 is 1.64 bits per heavy atom. The number of hydrogen-bond acceptors (Lipinski definition) is 2. The van der Waals surface area contributed by atoms with Crippen molar-refractivity contribution < 1.29 is 15.0 Å². The van der Waals surface area contributed by atoms with Crippen molar-refractivity contribution >= 4 is 5.97 Å². The molecule has 0 amide bonds. The van der Waals surface area contributed by atoms with E-state index in [4.69, 9.17) is 5.11 Å². The molecule has 0 aromatic carbocycles. The van der Waals surface area contributed by atoms with Crippen LogP contribution in [0.3, 0.4) is 0 Å². The van der Waals surface area contributed by atoms with Gasteiger partial charge in [-0.15, -0.1) is 0 Å². The standard InChI is InChI=1S/C8H14O3/c1-6-3-2-4-8(11,5-6)7(9)10/h6,11H,2-5H2,1H3,(H,9,10)/t6-,8+/m1/s1. The minimum atomic E-state index is -1.43. The third-order valence-electron chi connectivity index (χ3n) is 2.37. The van der Waals surface area contributed by atoms with Gasteiger partial charge in [0.1, 0.15) is 0 Å².